The lowest BCUT2D eigenvalue weighted by atomic mass is 10.1. The average Bonchev–Trinajstić information content (AvgIpc) is 3.50. The third-order valence-corrected chi connectivity index (χ3v) is 5.40. The van der Waals surface area contributed by atoms with Gasteiger partial charge in [0.2, 0.25) is 5.89 Å². The number of halogens is 1. The summed E-state index contributed by atoms with van der Waals surface area (Å²) in [6.45, 7) is 5.51. The van der Waals surface area contributed by atoms with Crippen LogP contribution in [0.2, 0.25) is 0 Å². The SMILES string of the molecule is CC1NC=CN1CCCCc1ccc(OCc2coc(/C=C/c3ccc(F)cc3)n2)cc1.CCO. The largest absolute Gasteiger partial charge is 0.487 e. The summed E-state index contributed by atoms with van der Waals surface area (Å²) in [4.78, 5) is 6.72. The third kappa shape index (κ3) is 8.94. The van der Waals surface area contributed by atoms with Gasteiger partial charge in [-0.05, 0) is 74.6 Å². The number of hydrogen-bond donors (Lipinski definition) is 2. The van der Waals surface area contributed by atoms with E-state index in [1.54, 1.807) is 31.4 Å². The number of aliphatic hydroxyl groups is 1. The van der Waals surface area contributed by atoms with Gasteiger partial charge in [-0.15, -0.1) is 0 Å². The smallest absolute Gasteiger partial charge is 0.218 e. The molecule has 0 saturated heterocycles. The van der Waals surface area contributed by atoms with Gasteiger partial charge in [-0.3, -0.25) is 0 Å². The van der Waals surface area contributed by atoms with Crippen LogP contribution in [0.4, 0.5) is 4.39 Å². The van der Waals surface area contributed by atoms with Crippen molar-refractivity contribution < 1.29 is 18.7 Å². The summed E-state index contributed by atoms with van der Waals surface area (Å²) in [7, 11) is 0. The fourth-order valence-corrected chi connectivity index (χ4v) is 3.51. The molecule has 0 saturated carbocycles. The molecule has 2 aromatic carbocycles. The Bertz CT molecular complexity index is 1060. The first-order valence-corrected chi connectivity index (χ1v) is 12.0. The number of nitrogens with one attached hydrogen (secondary N) is 1. The summed E-state index contributed by atoms with van der Waals surface area (Å²) in [6, 6.07) is 14.5. The van der Waals surface area contributed by atoms with Crippen LogP contribution >= 0.6 is 0 Å². The highest BCUT2D eigenvalue weighted by Crippen LogP contribution is 2.17. The lowest BCUT2D eigenvalue weighted by Gasteiger charge is -2.21. The maximum absolute atomic E-state index is 13.0. The molecule has 0 aliphatic carbocycles. The lowest BCUT2D eigenvalue weighted by Crippen LogP contribution is -2.32. The summed E-state index contributed by atoms with van der Waals surface area (Å²) in [6.07, 6.45) is 13.1. The van der Waals surface area contributed by atoms with Gasteiger partial charge in [0.25, 0.3) is 0 Å². The van der Waals surface area contributed by atoms with Gasteiger partial charge in [0.15, 0.2) is 0 Å². The second-order valence-corrected chi connectivity index (χ2v) is 8.16. The van der Waals surface area contributed by atoms with Gasteiger partial charge < -0.3 is 24.5 Å². The molecule has 35 heavy (non-hydrogen) atoms. The quantitative estimate of drug-likeness (QED) is 0.369. The number of benzene rings is 2. The van der Waals surface area contributed by atoms with Crippen molar-refractivity contribution in [1.29, 1.82) is 0 Å². The van der Waals surface area contributed by atoms with E-state index >= 15 is 0 Å². The maximum Gasteiger partial charge on any atom is 0.218 e. The van der Waals surface area contributed by atoms with Crippen LogP contribution < -0.4 is 10.1 Å². The Hall–Kier alpha value is -3.58. The summed E-state index contributed by atoms with van der Waals surface area (Å²) in [5.74, 6) is 1.04. The molecule has 7 heteroatoms. The van der Waals surface area contributed by atoms with Crippen LogP contribution in [0, 0.1) is 5.82 Å². The van der Waals surface area contributed by atoms with Crippen LogP contribution in [0.5, 0.6) is 5.75 Å². The zero-order valence-electron chi connectivity index (χ0n) is 20.4. The molecule has 186 valence electrons. The maximum atomic E-state index is 13.0. The van der Waals surface area contributed by atoms with Crippen molar-refractivity contribution in [3.05, 3.63) is 95.7 Å². The molecule has 1 unspecified atom stereocenters. The zero-order valence-corrected chi connectivity index (χ0v) is 20.4. The molecule has 1 aromatic heterocycles. The monoisotopic (exact) mass is 479 g/mol. The number of rotatable bonds is 10. The highest BCUT2D eigenvalue weighted by atomic mass is 19.1. The molecular formula is C28H34FN3O3. The van der Waals surface area contributed by atoms with Gasteiger partial charge in [0, 0.05) is 31.6 Å². The second kappa shape index (κ2) is 14.0. The number of ether oxygens (including phenoxy) is 1. The number of aliphatic hydroxyl groups excluding tert-OH is 1. The molecule has 0 amide bonds. The van der Waals surface area contributed by atoms with E-state index in [1.165, 1.54) is 24.1 Å². The van der Waals surface area contributed by atoms with Crippen LogP contribution in [-0.2, 0) is 13.0 Å². The van der Waals surface area contributed by atoms with E-state index in [0.29, 0.717) is 24.4 Å². The molecule has 0 bridgehead atoms. The summed E-state index contributed by atoms with van der Waals surface area (Å²) in [5.41, 5.74) is 2.91. The van der Waals surface area contributed by atoms with E-state index in [2.05, 4.69) is 40.5 Å². The van der Waals surface area contributed by atoms with Crippen LogP contribution in [0.1, 0.15) is 49.4 Å². The Morgan fingerprint density at radius 3 is 2.54 bits per heavy atom. The molecular weight excluding hydrogens is 445 g/mol. The van der Waals surface area contributed by atoms with Gasteiger partial charge in [-0.1, -0.05) is 24.3 Å². The molecule has 0 radical (unpaired) electrons. The average molecular weight is 480 g/mol. The number of unbranched alkanes of at least 4 members (excludes halogenated alkanes) is 1. The molecule has 2 heterocycles. The first-order chi connectivity index (χ1) is 17.1. The predicted molar refractivity (Wildman–Crippen MR) is 137 cm³/mol. The molecule has 1 aliphatic rings. The van der Waals surface area contributed by atoms with Crippen molar-refractivity contribution >= 4 is 12.2 Å². The van der Waals surface area contributed by atoms with Crippen LogP contribution in [-0.4, -0.2) is 34.3 Å². The Kier molecular flexibility index (Phi) is 10.4. The Labute approximate surface area is 206 Å². The van der Waals surface area contributed by atoms with Crippen molar-refractivity contribution in [2.45, 2.75) is 45.9 Å². The van der Waals surface area contributed by atoms with Crippen LogP contribution in [0.3, 0.4) is 0 Å². The van der Waals surface area contributed by atoms with Gasteiger partial charge in [-0.2, -0.15) is 0 Å². The Balaban J connectivity index is 0.00000108. The number of hydrogen-bond acceptors (Lipinski definition) is 6. The molecule has 0 spiro atoms. The normalized spacial score (nSPS) is 14.6. The van der Waals surface area contributed by atoms with Gasteiger partial charge in [-0.25, -0.2) is 9.37 Å². The lowest BCUT2D eigenvalue weighted by molar-refractivity contribution is 0.292. The number of nitrogens with zero attached hydrogens (tertiary/aromatic N) is 2. The molecule has 0 fully saturated rings. The summed E-state index contributed by atoms with van der Waals surface area (Å²) in [5, 5.41) is 10.8. The molecule has 3 aromatic rings. The van der Waals surface area contributed by atoms with E-state index in [4.69, 9.17) is 14.3 Å². The molecule has 1 atom stereocenters. The summed E-state index contributed by atoms with van der Waals surface area (Å²) >= 11 is 0. The topological polar surface area (TPSA) is 70.8 Å². The second-order valence-electron chi connectivity index (χ2n) is 8.16. The first kappa shape index (κ1) is 26.0. The van der Waals surface area contributed by atoms with Gasteiger partial charge in [0.1, 0.15) is 30.1 Å². The Morgan fingerprint density at radius 1 is 1.11 bits per heavy atom. The van der Waals surface area contributed by atoms with Crippen molar-refractivity contribution in [3.8, 4) is 5.75 Å². The van der Waals surface area contributed by atoms with Crippen molar-refractivity contribution in [3.63, 3.8) is 0 Å². The number of oxazole rings is 1. The molecule has 6 nitrogen and oxygen atoms in total. The fourth-order valence-electron chi connectivity index (χ4n) is 3.51. The van der Waals surface area contributed by atoms with Crippen molar-refractivity contribution in [2.24, 2.45) is 0 Å². The van der Waals surface area contributed by atoms with Crippen LogP contribution in [0.25, 0.3) is 12.2 Å². The minimum absolute atomic E-state index is 0.250. The van der Waals surface area contributed by atoms with Gasteiger partial charge in [0.05, 0.1) is 6.17 Å². The van der Waals surface area contributed by atoms with E-state index in [0.717, 1.165) is 30.7 Å². The minimum atomic E-state index is -0.256. The fraction of sp³-hybridized carbons (Fsp3) is 0.321. The van der Waals surface area contributed by atoms with Gasteiger partial charge >= 0.3 is 0 Å². The molecule has 1 aliphatic heterocycles. The minimum Gasteiger partial charge on any atom is -0.487 e. The van der Waals surface area contributed by atoms with E-state index in [1.807, 2.05) is 24.4 Å². The third-order valence-electron chi connectivity index (χ3n) is 5.40. The molecule has 4 rings (SSSR count). The Morgan fingerprint density at radius 2 is 1.86 bits per heavy atom. The highest BCUT2D eigenvalue weighted by molar-refractivity contribution is 5.65. The number of aryl methyl sites for hydroxylation is 1. The van der Waals surface area contributed by atoms with E-state index in [-0.39, 0.29) is 12.4 Å². The zero-order chi connectivity index (χ0) is 24.9. The van der Waals surface area contributed by atoms with Crippen molar-refractivity contribution in [1.82, 2.24) is 15.2 Å². The number of aromatic nitrogens is 1. The van der Waals surface area contributed by atoms with E-state index < -0.39 is 0 Å². The predicted octanol–water partition coefficient (Wildman–Crippen LogP) is 5.61. The van der Waals surface area contributed by atoms with Crippen LogP contribution in [0.15, 0.2) is 71.6 Å². The van der Waals surface area contributed by atoms with Crippen molar-refractivity contribution in [2.75, 3.05) is 13.2 Å². The standard InChI is InChI=1S/C26H28FN3O2.C2H6O/c1-20-28-15-17-30(20)16-3-2-4-21-7-12-25(13-8-21)31-18-24-19-32-26(29-24)14-9-22-5-10-23(27)11-6-22;1-2-3/h5-15,17,19-20,28H,2-4,16,18H2,1H3;3H,2H2,1H3/b14-9+;. The van der Waals surface area contributed by atoms with E-state index in [9.17, 15) is 4.39 Å². The highest BCUT2D eigenvalue weighted by Gasteiger charge is 2.11. The molecule has 2 N–H and O–H groups in total. The summed E-state index contributed by atoms with van der Waals surface area (Å²) < 4.78 is 24.2. The first-order valence-electron chi connectivity index (χ1n) is 12.0.